The van der Waals surface area contributed by atoms with Gasteiger partial charge >= 0.3 is 0 Å². The first-order valence-corrected chi connectivity index (χ1v) is 14.1. The van der Waals surface area contributed by atoms with E-state index >= 15 is 0 Å². The Labute approximate surface area is 238 Å². The molecule has 2 saturated carbocycles. The molecule has 10 nitrogen and oxygen atoms in total. The highest BCUT2D eigenvalue weighted by atomic mass is 35.5. The maximum atomic E-state index is 13.9. The molecule has 4 N–H and O–H groups in total. The summed E-state index contributed by atoms with van der Waals surface area (Å²) in [6.45, 7) is 9.57. The number of halogens is 1. The van der Waals surface area contributed by atoms with Gasteiger partial charge in [0.15, 0.2) is 34.7 Å². The SMILES string of the molecule is CCN(Cc1cc(O)c2c(c1Cl)C[C@H]1C[C@H]3[C@H](N(C)C)C(=O)C(C(N)=O)C(=O)[C@@]3(O)C(=O)C1C2=O)[C@H](C)C(C)C. The molecule has 2 fully saturated rings. The summed E-state index contributed by atoms with van der Waals surface area (Å²) in [7, 11) is 3.10. The smallest absolute Gasteiger partial charge is 0.235 e. The lowest BCUT2D eigenvalue weighted by Gasteiger charge is -2.52. The number of phenols is 1. The number of phenolic OH excluding ortho intramolecular Hbond substituents is 1. The lowest BCUT2D eigenvalue weighted by atomic mass is 9.52. The third-order valence-electron chi connectivity index (χ3n) is 9.39. The maximum absolute atomic E-state index is 13.9. The molecule has 1 aromatic carbocycles. The van der Waals surface area contributed by atoms with E-state index in [9.17, 15) is 34.2 Å². The molecule has 0 bridgehead atoms. The monoisotopic (exact) mass is 575 g/mol. The van der Waals surface area contributed by atoms with E-state index in [1.165, 1.54) is 11.0 Å². The topological polar surface area (TPSA) is 158 Å². The number of aromatic hydroxyl groups is 1. The Morgan fingerprint density at radius 2 is 1.80 bits per heavy atom. The molecule has 1 amide bonds. The lowest BCUT2D eigenvalue weighted by Crippen LogP contribution is -2.74. The number of nitrogens with zero attached hydrogens (tertiary/aromatic N) is 2. The van der Waals surface area contributed by atoms with Crippen molar-refractivity contribution < 1.29 is 34.2 Å². The zero-order valence-corrected chi connectivity index (χ0v) is 24.5. The molecule has 0 spiro atoms. The van der Waals surface area contributed by atoms with Crippen molar-refractivity contribution in [3.05, 3.63) is 27.8 Å². The Morgan fingerprint density at radius 3 is 2.33 bits per heavy atom. The van der Waals surface area contributed by atoms with E-state index in [2.05, 4.69) is 25.7 Å². The third kappa shape index (κ3) is 4.40. The van der Waals surface area contributed by atoms with Gasteiger partial charge in [-0.2, -0.15) is 0 Å². The van der Waals surface area contributed by atoms with Crippen LogP contribution >= 0.6 is 11.6 Å². The van der Waals surface area contributed by atoms with E-state index in [0.717, 1.165) is 6.54 Å². The molecule has 1 aromatic rings. The number of hydrogen-bond donors (Lipinski definition) is 3. The average molecular weight is 576 g/mol. The van der Waals surface area contributed by atoms with Crippen LogP contribution in [0.1, 0.15) is 55.6 Å². The second-order valence-electron chi connectivity index (χ2n) is 12.1. The average Bonchev–Trinajstić information content (AvgIpc) is 2.86. The number of carbonyl (C=O) groups is 5. The van der Waals surface area contributed by atoms with Crippen LogP contribution in [0.5, 0.6) is 5.75 Å². The largest absolute Gasteiger partial charge is 0.507 e. The Kier molecular flexibility index (Phi) is 8.05. The van der Waals surface area contributed by atoms with Gasteiger partial charge in [0.25, 0.3) is 0 Å². The minimum absolute atomic E-state index is 0.0172. The fraction of sp³-hybridized carbons (Fsp3) is 0.621. The molecule has 218 valence electrons. The molecule has 0 aromatic heterocycles. The maximum Gasteiger partial charge on any atom is 0.235 e. The number of rotatable bonds is 7. The minimum atomic E-state index is -2.75. The summed E-state index contributed by atoms with van der Waals surface area (Å²) in [5.41, 5.74) is 3.57. The van der Waals surface area contributed by atoms with Crippen molar-refractivity contribution in [2.24, 2.45) is 35.3 Å². The summed E-state index contributed by atoms with van der Waals surface area (Å²) in [4.78, 5) is 70.0. The molecule has 7 atom stereocenters. The highest BCUT2D eigenvalue weighted by Crippen LogP contribution is 2.51. The van der Waals surface area contributed by atoms with Gasteiger partial charge in [0.1, 0.15) is 5.75 Å². The Morgan fingerprint density at radius 1 is 1.18 bits per heavy atom. The van der Waals surface area contributed by atoms with Crippen molar-refractivity contribution in [1.82, 2.24) is 9.80 Å². The number of carbonyl (C=O) groups excluding carboxylic acids is 5. The molecule has 0 heterocycles. The van der Waals surface area contributed by atoms with E-state index in [1.54, 1.807) is 14.1 Å². The Hall–Kier alpha value is -2.66. The highest BCUT2D eigenvalue weighted by Gasteiger charge is 2.69. The number of aliphatic hydroxyl groups is 1. The van der Waals surface area contributed by atoms with Gasteiger partial charge in [0.2, 0.25) is 5.91 Å². The van der Waals surface area contributed by atoms with E-state index in [4.69, 9.17) is 17.3 Å². The molecule has 4 rings (SSSR count). The number of hydrogen-bond acceptors (Lipinski definition) is 9. The summed E-state index contributed by atoms with van der Waals surface area (Å²) in [5, 5.41) is 23.0. The second-order valence-corrected chi connectivity index (χ2v) is 12.4. The summed E-state index contributed by atoms with van der Waals surface area (Å²) in [5.74, 6) is -10.4. The predicted molar refractivity (Wildman–Crippen MR) is 147 cm³/mol. The zero-order valence-electron chi connectivity index (χ0n) is 23.7. The highest BCUT2D eigenvalue weighted by molar-refractivity contribution is 6.34. The van der Waals surface area contributed by atoms with E-state index in [0.29, 0.717) is 28.6 Å². The van der Waals surface area contributed by atoms with Crippen LogP contribution in [0.15, 0.2) is 6.07 Å². The first kappa shape index (κ1) is 30.3. The van der Waals surface area contributed by atoms with Crippen molar-refractivity contribution in [2.45, 2.75) is 64.8 Å². The van der Waals surface area contributed by atoms with Gasteiger partial charge in [-0.15, -0.1) is 0 Å². The normalized spacial score (nSPS) is 30.9. The number of ketones is 4. The summed E-state index contributed by atoms with van der Waals surface area (Å²) in [6.07, 6.45) is 0.120. The number of Topliss-reactive ketones (excluding diaryl/α,β-unsaturated/α-hetero) is 4. The van der Waals surface area contributed by atoms with Gasteiger partial charge in [0, 0.05) is 23.5 Å². The van der Waals surface area contributed by atoms with Crippen molar-refractivity contribution in [1.29, 1.82) is 0 Å². The van der Waals surface area contributed by atoms with Gasteiger partial charge in [-0.1, -0.05) is 32.4 Å². The van der Waals surface area contributed by atoms with Crippen LogP contribution in [0.4, 0.5) is 0 Å². The van der Waals surface area contributed by atoms with Gasteiger partial charge in [-0.05, 0) is 69.4 Å². The number of primary amides is 1. The number of nitrogens with two attached hydrogens (primary N) is 1. The Balaban J connectivity index is 1.80. The summed E-state index contributed by atoms with van der Waals surface area (Å²) in [6, 6.07) is 0.523. The van der Waals surface area contributed by atoms with Crippen LogP contribution in [0, 0.1) is 29.6 Å². The van der Waals surface area contributed by atoms with E-state index < -0.39 is 64.4 Å². The molecule has 0 radical (unpaired) electrons. The lowest BCUT2D eigenvalue weighted by molar-refractivity contribution is -0.181. The van der Waals surface area contributed by atoms with Crippen molar-refractivity contribution in [3.63, 3.8) is 0 Å². The van der Waals surface area contributed by atoms with Gasteiger partial charge in [-0.25, -0.2) is 0 Å². The fourth-order valence-electron chi connectivity index (χ4n) is 7.01. The van der Waals surface area contributed by atoms with Crippen molar-refractivity contribution >= 4 is 40.6 Å². The van der Waals surface area contributed by atoms with Crippen LogP contribution in [0.25, 0.3) is 0 Å². The minimum Gasteiger partial charge on any atom is -0.507 e. The van der Waals surface area contributed by atoms with Gasteiger partial charge in [-0.3, -0.25) is 33.8 Å². The van der Waals surface area contributed by atoms with Crippen LogP contribution in [0.2, 0.25) is 5.02 Å². The molecule has 0 aliphatic heterocycles. The zero-order chi connectivity index (χ0) is 30.0. The van der Waals surface area contributed by atoms with Gasteiger partial charge < -0.3 is 15.9 Å². The number of benzene rings is 1. The fourth-order valence-corrected chi connectivity index (χ4v) is 7.29. The first-order chi connectivity index (χ1) is 18.6. The molecule has 0 saturated heterocycles. The van der Waals surface area contributed by atoms with Crippen LogP contribution in [-0.4, -0.2) is 87.4 Å². The quantitative estimate of drug-likeness (QED) is 0.408. The molecule has 3 aliphatic rings. The first-order valence-electron chi connectivity index (χ1n) is 13.7. The van der Waals surface area contributed by atoms with Gasteiger partial charge in [0.05, 0.1) is 17.5 Å². The standard InChI is InChI=1S/C29H38ClN3O7/c1-7-33(13(4)12(2)3)11-15-10-18(34)20-16(22(15)30)8-14-9-17-23(32(5)6)25(36)21(28(31)39)27(38)29(17,40)26(37)19(14)24(20)35/h10,12-14,17,19,21,23,34,40H,7-9,11H2,1-6H3,(H2,31,39)/t13-,14+,17+,19?,21?,23+,29+/m1/s1. The number of amides is 1. The second kappa shape index (κ2) is 10.6. The summed E-state index contributed by atoms with van der Waals surface area (Å²) < 4.78 is 0. The van der Waals surface area contributed by atoms with Crippen molar-refractivity contribution in [3.8, 4) is 5.75 Å². The predicted octanol–water partition coefficient (Wildman–Crippen LogP) is 1.39. The third-order valence-corrected chi connectivity index (χ3v) is 9.86. The molecular weight excluding hydrogens is 538 g/mol. The number of likely N-dealkylation sites (N-methyl/N-ethyl adjacent to an activating group) is 1. The van der Waals surface area contributed by atoms with Crippen LogP contribution < -0.4 is 5.73 Å². The molecule has 3 aliphatic carbocycles. The molecular formula is C29H38ClN3O7. The Bertz CT molecular complexity index is 1290. The van der Waals surface area contributed by atoms with Crippen LogP contribution in [0.3, 0.4) is 0 Å². The van der Waals surface area contributed by atoms with Crippen LogP contribution in [-0.2, 0) is 32.1 Å². The molecule has 40 heavy (non-hydrogen) atoms. The molecule has 2 unspecified atom stereocenters. The molecule has 11 heteroatoms. The van der Waals surface area contributed by atoms with Crippen molar-refractivity contribution in [2.75, 3.05) is 20.6 Å². The van der Waals surface area contributed by atoms with E-state index in [1.807, 2.05) is 6.92 Å². The summed E-state index contributed by atoms with van der Waals surface area (Å²) >= 11 is 6.87. The number of fused-ring (bicyclic) bond motifs is 3. The van der Waals surface area contributed by atoms with E-state index in [-0.39, 0.29) is 30.2 Å².